The van der Waals surface area contributed by atoms with E-state index in [1.165, 1.54) is 4.68 Å². The number of nitrogens with one attached hydrogen (secondary N) is 2. The van der Waals surface area contributed by atoms with Gasteiger partial charge in [-0.15, -0.1) is 0 Å². The van der Waals surface area contributed by atoms with Crippen molar-refractivity contribution >= 4 is 23.2 Å². The lowest BCUT2D eigenvalue weighted by molar-refractivity contribution is -0.119. The Bertz CT molecular complexity index is 529. The highest BCUT2D eigenvalue weighted by molar-refractivity contribution is 6.32. The highest BCUT2D eigenvalue weighted by atomic mass is 35.5. The second kappa shape index (κ2) is 6.06. The molecule has 1 atom stereocenters. The van der Waals surface area contributed by atoms with Crippen LogP contribution in [-0.2, 0) is 11.3 Å². The summed E-state index contributed by atoms with van der Waals surface area (Å²) in [5, 5.41) is 10.1. The molecule has 104 valence electrons. The maximum Gasteiger partial charge on any atom is 0.287 e. The fraction of sp³-hybridized carbons (Fsp3) is 0.583. The maximum atomic E-state index is 11.9. The van der Waals surface area contributed by atoms with Crippen LogP contribution in [0.25, 0.3) is 0 Å². The highest BCUT2D eigenvalue weighted by Crippen LogP contribution is 2.16. The van der Waals surface area contributed by atoms with E-state index in [1.807, 2.05) is 6.92 Å². The maximum absolute atomic E-state index is 11.9. The molecule has 1 amide bonds. The lowest BCUT2D eigenvalue weighted by Gasteiger charge is -2.13. The van der Waals surface area contributed by atoms with Crippen molar-refractivity contribution in [1.82, 2.24) is 15.1 Å². The van der Waals surface area contributed by atoms with Gasteiger partial charge in [0.05, 0.1) is 11.9 Å². The third kappa shape index (κ3) is 3.26. The number of carbonyl (C=O) groups is 1. The second-order valence-corrected chi connectivity index (χ2v) is 4.96. The zero-order valence-electron chi connectivity index (χ0n) is 10.8. The van der Waals surface area contributed by atoms with Crippen LogP contribution in [0.1, 0.15) is 26.2 Å². The summed E-state index contributed by atoms with van der Waals surface area (Å²) in [4.78, 5) is 23.0. The van der Waals surface area contributed by atoms with Gasteiger partial charge in [-0.05, 0) is 12.8 Å². The van der Waals surface area contributed by atoms with Crippen LogP contribution in [0.5, 0.6) is 0 Å². The van der Waals surface area contributed by atoms with Crippen LogP contribution in [0.15, 0.2) is 11.0 Å². The Kier molecular flexibility index (Phi) is 4.42. The van der Waals surface area contributed by atoms with Gasteiger partial charge in [-0.25, -0.2) is 4.68 Å². The minimum atomic E-state index is -0.288. The Labute approximate surface area is 116 Å². The largest absolute Gasteiger partial charge is 0.380 e. The summed E-state index contributed by atoms with van der Waals surface area (Å²) in [6.07, 6.45) is 3.72. The van der Waals surface area contributed by atoms with Gasteiger partial charge < -0.3 is 10.6 Å². The molecule has 1 aliphatic rings. The van der Waals surface area contributed by atoms with Crippen molar-refractivity contribution in [2.45, 2.75) is 38.8 Å². The van der Waals surface area contributed by atoms with Crippen molar-refractivity contribution in [1.29, 1.82) is 0 Å². The molecule has 0 spiro atoms. The molecule has 7 heteroatoms. The number of amides is 1. The smallest absolute Gasteiger partial charge is 0.287 e. The van der Waals surface area contributed by atoms with E-state index in [2.05, 4.69) is 15.7 Å². The number of rotatable bonds is 5. The third-order valence-corrected chi connectivity index (χ3v) is 3.41. The van der Waals surface area contributed by atoms with Crippen molar-refractivity contribution in [3.8, 4) is 0 Å². The summed E-state index contributed by atoms with van der Waals surface area (Å²) >= 11 is 6.03. The highest BCUT2D eigenvalue weighted by Gasteiger charge is 2.20. The van der Waals surface area contributed by atoms with Gasteiger partial charge in [0, 0.05) is 25.6 Å². The van der Waals surface area contributed by atoms with Crippen LogP contribution in [0, 0.1) is 0 Å². The molecule has 1 aromatic rings. The number of halogens is 1. The first kappa shape index (κ1) is 13.9. The molecule has 2 rings (SSSR count). The van der Waals surface area contributed by atoms with Gasteiger partial charge in [0.15, 0.2) is 0 Å². The predicted octanol–water partition coefficient (Wildman–Crippen LogP) is 0.997. The van der Waals surface area contributed by atoms with Gasteiger partial charge in [-0.3, -0.25) is 9.59 Å². The third-order valence-electron chi connectivity index (χ3n) is 3.04. The monoisotopic (exact) mass is 284 g/mol. The lowest BCUT2D eigenvalue weighted by Crippen LogP contribution is -2.32. The molecular weight excluding hydrogens is 268 g/mol. The molecule has 0 aromatic carbocycles. The van der Waals surface area contributed by atoms with Gasteiger partial charge in [0.25, 0.3) is 5.56 Å². The molecule has 1 saturated heterocycles. The van der Waals surface area contributed by atoms with Crippen LogP contribution in [0.4, 0.5) is 5.69 Å². The molecule has 0 saturated carbocycles. The Hall–Kier alpha value is -1.56. The molecule has 1 unspecified atom stereocenters. The molecule has 2 N–H and O–H groups in total. The number of aromatic nitrogens is 2. The molecule has 0 radical (unpaired) electrons. The fourth-order valence-electron chi connectivity index (χ4n) is 2.02. The van der Waals surface area contributed by atoms with E-state index in [-0.39, 0.29) is 22.5 Å². The number of carbonyl (C=O) groups excluding carboxylic acids is 1. The molecule has 19 heavy (non-hydrogen) atoms. The summed E-state index contributed by atoms with van der Waals surface area (Å²) in [7, 11) is 0. The molecule has 0 aliphatic carbocycles. The zero-order chi connectivity index (χ0) is 13.8. The van der Waals surface area contributed by atoms with Crippen molar-refractivity contribution in [2.75, 3.05) is 11.9 Å². The summed E-state index contributed by atoms with van der Waals surface area (Å²) < 4.78 is 1.35. The Morgan fingerprint density at radius 3 is 3.00 bits per heavy atom. The van der Waals surface area contributed by atoms with E-state index >= 15 is 0 Å². The molecule has 2 heterocycles. The molecule has 6 nitrogen and oxygen atoms in total. The van der Waals surface area contributed by atoms with E-state index in [4.69, 9.17) is 11.6 Å². The molecule has 0 bridgehead atoms. The SMILES string of the molecule is CCCn1ncc(NCC2CCC(=O)N2)c(Cl)c1=O. The molecule has 1 aromatic heterocycles. The van der Waals surface area contributed by atoms with Crippen LogP contribution < -0.4 is 16.2 Å². The van der Waals surface area contributed by atoms with E-state index in [0.717, 1.165) is 12.8 Å². The quantitative estimate of drug-likeness (QED) is 0.846. The van der Waals surface area contributed by atoms with E-state index < -0.39 is 0 Å². The van der Waals surface area contributed by atoms with Crippen molar-refractivity contribution in [3.63, 3.8) is 0 Å². The molecule has 1 aliphatic heterocycles. The van der Waals surface area contributed by atoms with Crippen LogP contribution in [-0.4, -0.2) is 28.3 Å². The van der Waals surface area contributed by atoms with E-state index in [0.29, 0.717) is 25.2 Å². The summed E-state index contributed by atoms with van der Waals surface area (Å²) in [6, 6.07) is 0.0849. The number of aryl methyl sites for hydroxylation is 1. The standard InChI is InChI=1S/C12H17ClN4O2/c1-2-5-17-12(19)11(13)9(7-15-17)14-6-8-3-4-10(18)16-8/h7-8,14H,2-6H2,1H3,(H,16,18). The first-order valence-electron chi connectivity index (χ1n) is 6.40. The number of hydrogen-bond acceptors (Lipinski definition) is 4. The Balaban J connectivity index is 2.03. The Morgan fingerprint density at radius 1 is 1.58 bits per heavy atom. The van der Waals surface area contributed by atoms with Crippen LogP contribution in [0.2, 0.25) is 5.02 Å². The zero-order valence-corrected chi connectivity index (χ0v) is 11.5. The number of hydrogen-bond donors (Lipinski definition) is 2. The first-order chi connectivity index (χ1) is 9.11. The predicted molar refractivity (Wildman–Crippen MR) is 73.5 cm³/mol. The van der Waals surface area contributed by atoms with Gasteiger partial charge >= 0.3 is 0 Å². The number of nitrogens with zero attached hydrogens (tertiary/aromatic N) is 2. The topological polar surface area (TPSA) is 76.0 Å². The normalized spacial score (nSPS) is 18.4. The lowest BCUT2D eigenvalue weighted by atomic mass is 10.2. The van der Waals surface area contributed by atoms with Gasteiger partial charge in [-0.1, -0.05) is 18.5 Å². The minimum absolute atomic E-state index is 0.0642. The van der Waals surface area contributed by atoms with Gasteiger partial charge in [-0.2, -0.15) is 5.10 Å². The van der Waals surface area contributed by atoms with Gasteiger partial charge in [0.1, 0.15) is 5.02 Å². The van der Waals surface area contributed by atoms with Crippen LogP contribution in [0.3, 0.4) is 0 Å². The minimum Gasteiger partial charge on any atom is -0.380 e. The van der Waals surface area contributed by atoms with Crippen LogP contribution >= 0.6 is 11.6 Å². The molecular formula is C12H17ClN4O2. The summed E-state index contributed by atoms with van der Waals surface area (Å²) in [5.41, 5.74) is 0.226. The first-order valence-corrected chi connectivity index (χ1v) is 6.78. The number of anilines is 1. The summed E-state index contributed by atoms with van der Waals surface area (Å²) in [6.45, 7) is 3.07. The van der Waals surface area contributed by atoms with Crippen molar-refractivity contribution in [2.24, 2.45) is 0 Å². The van der Waals surface area contributed by atoms with E-state index in [1.54, 1.807) is 6.20 Å². The van der Waals surface area contributed by atoms with Crippen molar-refractivity contribution < 1.29 is 4.79 Å². The second-order valence-electron chi connectivity index (χ2n) is 4.58. The Morgan fingerprint density at radius 2 is 2.37 bits per heavy atom. The average molecular weight is 285 g/mol. The summed E-state index contributed by atoms with van der Waals surface area (Å²) in [5.74, 6) is 0.0642. The fourth-order valence-corrected chi connectivity index (χ4v) is 2.24. The average Bonchev–Trinajstić information content (AvgIpc) is 2.80. The van der Waals surface area contributed by atoms with E-state index in [9.17, 15) is 9.59 Å². The van der Waals surface area contributed by atoms with Crippen molar-refractivity contribution in [3.05, 3.63) is 21.6 Å². The molecule has 1 fully saturated rings. The van der Waals surface area contributed by atoms with Gasteiger partial charge in [0.2, 0.25) is 5.91 Å².